The topological polar surface area (TPSA) is 74.2 Å². The zero-order valence-electron chi connectivity index (χ0n) is 12.1. The minimum absolute atomic E-state index is 0.145. The van der Waals surface area contributed by atoms with Gasteiger partial charge in [-0.15, -0.1) is 0 Å². The summed E-state index contributed by atoms with van der Waals surface area (Å²) in [6.07, 6.45) is 0. The third kappa shape index (κ3) is 4.29. The Bertz CT molecular complexity index is 578. The molecule has 110 valence electrons. The van der Waals surface area contributed by atoms with Crippen LogP contribution in [-0.2, 0) is 0 Å². The van der Waals surface area contributed by atoms with Gasteiger partial charge in [-0.3, -0.25) is 0 Å². The van der Waals surface area contributed by atoms with Gasteiger partial charge in [-0.25, -0.2) is 0 Å². The van der Waals surface area contributed by atoms with E-state index in [1.54, 1.807) is 12.1 Å². The highest BCUT2D eigenvalue weighted by Crippen LogP contribution is 2.22. The SMILES string of the molecule is CCN(CCO)c1ccc(N=Nc2ccc(N)cc2)cc1. The van der Waals surface area contributed by atoms with Crippen LogP contribution in [0.2, 0.25) is 0 Å². The summed E-state index contributed by atoms with van der Waals surface area (Å²) in [6, 6.07) is 15.0. The molecule has 5 heteroatoms. The Morgan fingerprint density at radius 2 is 1.48 bits per heavy atom. The highest BCUT2D eigenvalue weighted by atomic mass is 16.3. The van der Waals surface area contributed by atoms with Crippen molar-refractivity contribution in [3.63, 3.8) is 0 Å². The molecule has 0 unspecified atom stereocenters. The zero-order chi connectivity index (χ0) is 15.1. The molecule has 2 rings (SSSR count). The molecule has 2 aromatic rings. The molecule has 5 nitrogen and oxygen atoms in total. The van der Waals surface area contributed by atoms with E-state index in [0.717, 1.165) is 23.6 Å². The number of rotatable bonds is 6. The Morgan fingerprint density at radius 3 is 1.95 bits per heavy atom. The molecule has 0 fully saturated rings. The van der Waals surface area contributed by atoms with Crippen molar-refractivity contribution in [3.05, 3.63) is 48.5 Å². The van der Waals surface area contributed by atoms with Crippen LogP contribution in [0.25, 0.3) is 0 Å². The maximum Gasteiger partial charge on any atom is 0.0858 e. The van der Waals surface area contributed by atoms with E-state index in [1.807, 2.05) is 36.4 Å². The van der Waals surface area contributed by atoms with E-state index >= 15 is 0 Å². The highest BCUT2D eigenvalue weighted by molar-refractivity contribution is 5.53. The first-order valence-corrected chi connectivity index (χ1v) is 6.96. The maximum atomic E-state index is 9.03. The summed E-state index contributed by atoms with van der Waals surface area (Å²) in [7, 11) is 0. The molecule has 0 aliphatic rings. The second-order valence-electron chi connectivity index (χ2n) is 4.61. The lowest BCUT2D eigenvalue weighted by Crippen LogP contribution is -2.25. The minimum atomic E-state index is 0.145. The lowest BCUT2D eigenvalue weighted by molar-refractivity contribution is 0.302. The van der Waals surface area contributed by atoms with Crippen LogP contribution >= 0.6 is 0 Å². The Kier molecular flexibility index (Phi) is 5.29. The molecule has 0 aliphatic heterocycles. The van der Waals surface area contributed by atoms with Gasteiger partial charge < -0.3 is 15.7 Å². The first-order valence-electron chi connectivity index (χ1n) is 6.96. The molecule has 0 heterocycles. The zero-order valence-corrected chi connectivity index (χ0v) is 12.1. The Balaban J connectivity index is 2.06. The third-order valence-corrected chi connectivity index (χ3v) is 3.14. The van der Waals surface area contributed by atoms with Gasteiger partial charge in [-0.1, -0.05) is 0 Å². The molecule has 0 radical (unpaired) electrons. The predicted octanol–water partition coefficient (Wildman–Crippen LogP) is 3.50. The molecule has 2 aromatic carbocycles. The van der Waals surface area contributed by atoms with Gasteiger partial charge in [0.05, 0.1) is 18.0 Å². The summed E-state index contributed by atoms with van der Waals surface area (Å²) in [4.78, 5) is 2.10. The molecule has 0 bridgehead atoms. The lowest BCUT2D eigenvalue weighted by Gasteiger charge is -2.21. The Labute approximate surface area is 124 Å². The molecular formula is C16H20N4O. The van der Waals surface area contributed by atoms with Crippen LogP contribution in [0.3, 0.4) is 0 Å². The number of aliphatic hydroxyl groups excluding tert-OH is 1. The minimum Gasteiger partial charge on any atom is -0.399 e. The summed E-state index contributed by atoms with van der Waals surface area (Å²) in [5.41, 5.74) is 8.95. The van der Waals surface area contributed by atoms with Crippen LogP contribution in [0.5, 0.6) is 0 Å². The molecule has 0 aliphatic carbocycles. The summed E-state index contributed by atoms with van der Waals surface area (Å²) in [5, 5.41) is 17.4. The van der Waals surface area contributed by atoms with Crippen molar-refractivity contribution in [2.45, 2.75) is 6.92 Å². The third-order valence-electron chi connectivity index (χ3n) is 3.14. The number of likely N-dealkylation sites (N-methyl/N-ethyl adjacent to an activating group) is 1. The van der Waals surface area contributed by atoms with Crippen molar-refractivity contribution in [2.24, 2.45) is 10.2 Å². The number of nitrogens with two attached hydrogens (primary N) is 1. The summed E-state index contributed by atoms with van der Waals surface area (Å²) in [5.74, 6) is 0. The number of nitrogen functional groups attached to an aromatic ring is 1. The number of nitrogens with zero attached hydrogens (tertiary/aromatic N) is 3. The van der Waals surface area contributed by atoms with Crippen LogP contribution in [-0.4, -0.2) is 24.8 Å². The number of hydrogen-bond acceptors (Lipinski definition) is 5. The van der Waals surface area contributed by atoms with Crippen LogP contribution in [0.15, 0.2) is 58.8 Å². The molecule has 0 spiro atoms. The summed E-state index contributed by atoms with van der Waals surface area (Å²) < 4.78 is 0. The average Bonchev–Trinajstić information content (AvgIpc) is 2.53. The largest absolute Gasteiger partial charge is 0.399 e. The van der Waals surface area contributed by atoms with Gasteiger partial charge in [0.2, 0.25) is 0 Å². The van der Waals surface area contributed by atoms with E-state index in [0.29, 0.717) is 12.2 Å². The smallest absolute Gasteiger partial charge is 0.0858 e. The molecule has 0 aromatic heterocycles. The number of benzene rings is 2. The highest BCUT2D eigenvalue weighted by Gasteiger charge is 2.02. The van der Waals surface area contributed by atoms with Crippen LogP contribution in [0, 0.1) is 0 Å². The maximum absolute atomic E-state index is 9.03. The second-order valence-corrected chi connectivity index (χ2v) is 4.61. The van der Waals surface area contributed by atoms with E-state index in [1.165, 1.54) is 0 Å². The lowest BCUT2D eigenvalue weighted by atomic mass is 10.2. The fraction of sp³-hybridized carbons (Fsp3) is 0.250. The quantitative estimate of drug-likeness (QED) is 0.629. The first-order chi connectivity index (χ1) is 10.2. The monoisotopic (exact) mass is 284 g/mol. The number of aliphatic hydroxyl groups is 1. The predicted molar refractivity (Wildman–Crippen MR) is 86.4 cm³/mol. The van der Waals surface area contributed by atoms with Crippen molar-refractivity contribution in [1.82, 2.24) is 0 Å². The van der Waals surface area contributed by atoms with E-state index in [9.17, 15) is 0 Å². The van der Waals surface area contributed by atoms with Crippen molar-refractivity contribution < 1.29 is 5.11 Å². The van der Waals surface area contributed by atoms with Gasteiger partial charge in [0.25, 0.3) is 0 Å². The van der Waals surface area contributed by atoms with Gasteiger partial charge in [0.1, 0.15) is 0 Å². The van der Waals surface area contributed by atoms with E-state index in [-0.39, 0.29) is 6.61 Å². The fourth-order valence-corrected chi connectivity index (χ4v) is 1.98. The molecule has 0 amide bonds. The van der Waals surface area contributed by atoms with Gasteiger partial charge in [0.15, 0.2) is 0 Å². The van der Waals surface area contributed by atoms with Crippen molar-refractivity contribution in [2.75, 3.05) is 30.3 Å². The molecule has 0 atom stereocenters. The van der Waals surface area contributed by atoms with E-state index in [2.05, 4.69) is 22.1 Å². The molecule has 0 saturated heterocycles. The van der Waals surface area contributed by atoms with E-state index < -0.39 is 0 Å². The number of hydrogen-bond donors (Lipinski definition) is 2. The summed E-state index contributed by atoms with van der Waals surface area (Å²) >= 11 is 0. The van der Waals surface area contributed by atoms with Gasteiger partial charge in [-0.05, 0) is 55.5 Å². The Morgan fingerprint density at radius 1 is 0.952 bits per heavy atom. The second kappa shape index (κ2) is 7.40. The number of anilines is 2. The van der Waals surface area contributed by atoms with E-state index in [4.69, 9.17) is 10.8 Å². The first kappa shape index (κ1) is 15.0. The van der Waals surface area contributed by atoms with Crippen LogP contribution < -0.4 is 10.6 Å². The van der Waals surface area contributed by atoms with Crippen molar-refractivity contribution >= 4 is 22.7 Å². The molecule has 21 heavy (non-hydrogen) atoms. The summed E-state index contributed by atoms with van der Waals surface area (Å²) in [6.45, 7) is 3.69. The molecule has 3 N–H and O–H groups in total. The van der Waals surface area contributed by atoms with Crippen LogP contribution in [0.1, 0.15) is 6.92 Å². The van der Waals surface area contributed by atoms with Crippen molar-refractivity contribution in [1.29, 1.82) is 0 Å². The molecule has 0 saturated carbocycles. The van der Waals surface area contributed by atoms with Crippen LogP contribution in [0.4, 0.5) is 22.7 Å². The normalized spacial score (nSPS) is 11.0. The number of azo groups is 1. The van der Waals surface area contributed by atoms with Gasteiger partial charge >= 0.3 is 0 Å². The Hall–Kier alpha value is -2.40. The average molecular weight is 284 g/mol. The standard InChI is InChI=1S/C16H20N4O/c1-2-20(11-12-21)16-9-7-15(8-10-16)19-18-14-5-3-13(17)4-6-14/h3-10,21H,2,11-12,17H2,1H3. The molecular weight excluding hydrogens is 264 g/mol. The fourth-order valence-electron chi connectivity index (χ4n) is 1.98. The van der Waals surface area contributed by atoms with Crippen molar-refractivity contribution in [3.8, 4) is 0 Å². The van der Waals surface area contributed by atoms with Gasteiger partial charge in [0, 0.05) is 24.5 Å². The van der Waals surface area contributed by atoms with Gasteiger partial charge in [-0.2, -0.15) is 10.2 Å².